The number of fused-ring (bicyclic) bond motifs is 1. The van der Waals surface area contributed by atoms with Crippen molar-refractivity contribution in [3.63, 3.8) is 0 Å². The van der Waals surface area contributed by atoms with Crippen molar-refractivity contribution in [1.29, 1.82) is 0 Å². The number of halogens is 2. The molecule has 2 amide bonds. The highest BCUT2D eigenvalue weighted by Crippen LogP contribution is 2.42. The fourth-order valence-corrected chi connectivity index (χ4v) is 7.20. The van der Waals surface area contributed by atoms with Crippen LogP contribution in [0.4, 0.5) is 0 Å². The highest BCUT2D eigenvalue weighted by molar-refractivity contribution is 6.39. The summed E-state index contributed by atoms with van der Waals surface area (Å²) in [5.41, 5.74) is 7.22. The number of methoxy groups -OCH3 is 1. The Morgan fingerprint density at radius 1 is 0.760 bits per heavy atom. The Hall–Kier alpha value is -4.61. The number of benzene rings is 2. The Labute approximate surface area is 300 Å². The number of ether oxygens (including phenoxy) is 1. The van der Waals surface area contributed by atoms with Gasteiger partial charge in [0.15, 0.2) is 0 Å². The van der Waals surface area contributed by atoms with Gasteiger partial charge in [-0.2, -0.15) is 0 Å². The number of hydrogen-bond donors (Lipinski definition) is 4. The minimum Gasteiger partial charge on any atom is -0.481 e. The van der Waals surface area contributed by atoms with Gasteiger partial charge in [-0.3, -0.25) is 19.6 Å². The molecule has 7 rings (SSSR count). The number of amides is 2. The molecule has 0 aliphatic carbocycles. The van der Waals surface area contributed by atoms with Gasteiger partial charge in [0.1, 0.15) is 0 Å². The standard InChI is InChI=1S/C38H37Cl2N7O3/c1-50-38-23(18-42-21-26-10-13-35(49)46-26)8-11-31(47-38)29-6-2-4-27(36(29)39)28-5-3-7-30(37(28)40)33-15-32-24(19-44-33)14-22(17-43-32)16-41-20-25-9-12-34(48)45-25/h2-8,11,14-15,17,19,25-26,41-42H,9-10,12-13,16,18,20-21H2,1H3,(H,45,48)(H,46,49). The van der Waals surface area contributed by atoms with Crippen molar-refractivity contribution in [2.45, 2.75) is 50.9 Å². The van der Waals surface area contributed by atoms with Gasteiger partial charge in [0, 0.05) is 96.7 Å². The van der Waals surface area contributed by atoms with Gasteiger partial charge in [-0.1, -0.05) is 65.7 Å². The molecule has 2 aromatic carbocycles. The highest BCUT2D eigenvalue weighted by Gasteiger charge is 2.22. The number of carbonyl (C=O) groups excluding carboxylic acids is 2. The summed E-state index contributed by atoms with van der Waals surface area (Å²) in [4.78, 5) is 37.2. The van der Waals surface area contributed by atoms with E-state index in [2.05, 4.69) is 27.3 Å². The zero-order valence-corrected chi connectivity index (χ0v) is 29.1. The molecule has 2 unspecified atom stereocenters. The van der Waals surface area contributed by atoms with Gasteiger partial charge in [-0.15, -0.1) is 0 Å². The molecule has 10 nitrogen and oxygen atoms in total. The van der Waals surface area contributed by atoms with Gasteiger partial charge in [-0.25, -0.2) is 4.98 Å². The summed E-state index contributed by atoms with van der Waals surface area (Å²) in [7, 11) is 1.60. The lowest BCUT2D eigenvalue weighted by Crippen LogP contribution is -2.35. The quantitative estimate of drug-likeness (QED) is 0.123. The fourth-order valence-electron chi connectivity index (χ4n) is 6.55. The minimum absolute atomic E-state index is 0.0999. The number of nitrogens with zero attached hydrogens (tertiary/aromatic N) is 3. The number of aromatic nitrogens is 3. The van der Waals surface area contributed by atoms with E-state index in [1.54, 1.807) is 7.11 Å². The van der Waals surface area contributed by atoms with E-state index in [1.165, 1.54) is 0 Å². The maximum absolute atomic E-state index is 11.5. The van der Waals surface area contributed by atoms with Crippen LogP contribution in [-0.4, -0.2) is 59.0 Å². The Morgan fingerprint density at radius 3 is 2.00 bits per heavy atom. The summed E-state index contributed by atoms with van der Waals surface area (Å²) >= 11 is 14.2. The van der Waals surface area contributed by atoms with Crippen molar-refractivity contribution in [2.24, 2.45) is 0 Å². The molecule has 256 valence electrons. The van der Waals surface area contributed by atoms with E-state index in [1.807, 2.05) is 67.0 Å². The molecule has 4 N–H and O–H groups in total. The number of nitrogens with one attached hydrogen (secondary N) is 4. The largest absolute Gasteiger partial charge is 0.481 e. The van der Waals surface area contributed by atoms with Crippen molar-refractivity contribution < 1.29 is 14.3 Å². The molecule has 50 heavy (non-hydrogen) atoms. The van der Waals surface area contributed by atoms with Crippen LogP contribution in [0.15, 0.2) is 73.1 Å². The Balaban J connectivity index is 1.08. The van der Waals surface area contributed by atoms with Crippen molar-refractivity contribution in [3.8, 4) is 39.5 Å². The predicted molar refractivity (Wildman–Crippen MR) is 196 cm³/mol. The van der Waals surface area contributed by atoms with Gasteiger partial charge < -0.3 is 26.0 Å². The summed E-state index contributed by atoms with van der Waals surface area (Å²) in [5.74, 6) is 0.722. The first-order valence-corrected chi connectivity index (χ1v) is 17.5. The second-order valence-corrected chi connectivity index (χ2v) is 13.4. The van der Waals surface area contributed by atoms with Crippen molar-refractivity contribution in [3.05, 3.63) is 94.2 Å². The highest BCUT2D eigenvalue weighted by atomic mass is 35.5. The molecule has 0 saturated carbocycles. The second kappa shape index (κ2) is 15.1. The normalized spacial score (nSPS) is 17.3. The van der Waals surface area contributed by atoms with Crippen molar-refractivity contribution in [1.82, 2.24) is 36.2 Å². The Kier molecular flexibility index (Phi) is 10.2. The van der Waals surface area contributed by atoms with Gasteiger partial charge in [0.2, 0.25) is 17.7 Å². The van der Waals surface area contributed by atoms with Gasteiger partial charge in [0.05, 0.1) is 34.1 Å². The third-order valence-corrected chi connectivity index (χ3v) is 10.0. The third-order valence-electron chi connectivity index (χ3n) is 9.19. The number of hydrogen-bond acceptors (Lipinski definition) is 8. The minimum atomic E-state index is 0.0999. The molecule has 2 aliphatic heterocycles. The van der Waals surface area contributed by atoms with Crippen LogP contribution in [0, 0.1) is 0 Å². The van der Waals surface area contributed by atoms with Crippen LogP contribution in [0.1, 0.15) is 36.8 Å². The summed E-state index contributed by atoms with van der Waals surface area (Å²) in [5, 5.41) is 14.7. The molecule has 2 aliphatic rings. The molecular formula is C38H37Cl2N7O3. The topological polar surface area (TPSA) is 130 Å². The van der Waals surface area contributed by atoms with E-state index in [4.69, 9.17) is 42.9 Å². The maximum Gasteiger partial charge on any atom is 0.220 e. The van der Waals surface area contributed by atoms with E-state index >= 15 is 0 Å². The summed E-state index contributed by atoms with van der Waals surface area (Å²) in [6, 6.07) is 19.9. The van der Waals surface area contributed by atoms with E-state index in [9.17, 15) is 9.59 Å². The number of rotatable bonds is 12. The zero-order chi connectivity index (χ0) is 34.6. The van der Waals surface area contributed by atoms with Gasteiger partial charge in [0.25, 0.3) is 0 Å². The first kappa shape index (κ1) is 33.9. The van der Waals surface area contributed by atoms with Crippen LogP contribution in [0.2, 0.25) is 10.0 Å². The lowest BCUT2D eigenvalue weighted by atomic mass is 9.98. The van der Waals surface area contributed by atoms with Crippen LogP contribution < -0.4 is 26.0 Å². The lowest BCUT2D eigenvalue weighted by molar-refractivity contribution is -0.120. The Morgan fingerprint density at radius 2 is 1.38 bits per heavy atom. The van der Waals surface area contributed by atoms with Gasteiger partial charge >= 0.3 is 0 Å². The molecule has 0 radical (unpaired) electrons. The molecule has 5 aromatic rings. The molecular weight excluding hydrogens is 673 g/mol. The van der Waals surface area contributed by atoms with Crippen molar-refractivity contribution in [2.75, 3.05) is 20.2 Å². The van der Waals surface area contributed by atoms with Crippen LogP contribution in [0.5, 0.6) is 5.88 Å². The SMILES string of the molecule is COc1nc(-c2cccc(-c3cccc(-c4cc5ncc(CNCC6CCC(=O)N6)cc5cn4)c3Cl)c2Cl)ccc1CNCC1CCC(=O)N1. The smallest absolute Gasteiger partial charge is 0.220 e. The number of carbonyl (C=O) groups is 2. The second-order valence-electron chi connectivity index (χ2n) is 12.7. The van der Waals surface area contributed by atoms with Crippen molar-refractivity contribution >= 4 is 45.9 Å². The molecule has 0 bridgehead atoms. The van der Waals surface area contributed by atoms with E-state index in [0.29, 0.717) is 59.8 Å². The molecule has 12 heteroatoms. The van der Waals surface area contributed by atoms with Crippen LogP contribution in [0.3, 0.4) is 0 Å². The van der Waals surface area contributed by atoms with E-state index < -0.39 is 0 Å². The van der Waals surface area contributed by atoms with Crippen LogP contribution in [0.25, 0.3) is 44.5 Å². The zero-order valence-electron chi connectivity index (χ0n) is 27.6. The molecule has 2 fully saturated rings. The first-order valence-electron chi connectivity index (χ1n) is 16.7. The molecule has 2 atom stereocenters. The summed E-state index contributed by atoms with van der Waals surface area (Å²) < 4.78 is 5.65. The molecule has 2 saturated heterocycles. The van der Waals surface area contributed by atoms with E-state index in [-0.39, 0.29) is 23.9 Å². The summed E-state index contributed by atoms with van der Waals surface area (Å²) in [6.07, 6.45) is 6.54. The molecule has 5 heterocycles. The Bertz CT molecular complexity index is 2070. The van der Waals surface area contributed by atoms with Gasteiger partial charge in [-0.05, 0) is 36.6 Å². The van der Waals surface area contributed by atoms with E-state index in [0.717, 1.165) is 63.7 Å². The predicted octanol–water partition coefficient (Wildman–Crippen LogP) is 6.08. The number of pyridine rings is 3. The van der Waals surface area contributed by atoms with Crippen LogP contribution >= 0.6 is 23.2 Å². The fraction of sp³-hybridized carbons (Fsp3) is 0.289. The average Bonchev–Trinajstić information content (AvgIpc) is 3.75. The maximum atomic E-state index is 11.5. The monoisotopic (exact) mass is 709 g/mol. The molecule has 0 spiro atoms. The van der Waals surface area contributed by atoms with Crippen LogP contribution in [-0.2, 0) is 22.7 Å². The summed E-state index contributed by atoms with van der Waals surface area (Å²) in [6.45, 7) is 2.61. The first-order chi connectivity index (χ1) is 24.4. The average molecular weight is 711 g/mol. The third kappa shape index (κ3) is 7.44. The molecule has 3 aromatic heterocycles. The lowest BCUT2D eigenvalue weighted by Gasteiger charge is -2.15.